The monoisotopic (exact) mass is 312 g/mol. The number of carboxylic acids is 1. The molecular formula is C13H17BrN2O2. The average Bonchev–Trinajstić information content (AvgIpc) is 2.38. The first-order valence-electron chi connectivity index (χ1n) is 6.22. The molecule has 2 N–H and O–H groups in total. The molecule has 18 heavy (non-hydrogen) atoms. The SMILES string of the molecule is O=C(O)C1CCCC(NCc2ccc(Br)cn2)C1. The van der Waals surface area contributed by atoms with Gasteiger partial charge >= 0.3 is 5.97 Å². The minimum Gasteiger partial charge on any atom is -0.481 e. The van der Waals surface area contributed by atoms with Crippen LogP contribution in [0.4, 0.5) is 0 Å². The quantitative estimate of drug-likeness (QED) is 0.897. The molecule has 0 radical (unpaired) electrons. The minimum atomic E-state index is -0.664. The van der Waals surface area contributed by atoms with E-state index in [4.69, 9.17) is 5.11 Å². The van der Waals surface area contributed by atoms with Gasteiger partial charge in [-0.2, -0.15) is 0 Å². The smallest absolute Gasteiger partial charge is 0.306 e. The Labute approximate surface area is 115 Å². The largest absolute Gasteiger partial charge is 0.481 e. The molecule has 1 heterocycles. The fourth-order valence-corrected chi connectivity index (χ4v) is 2.59. The summed E-state index contributed by atoms with van der Waals surface area (Å²) in [5, 5.41) is 12.4. The lowest BCUT2D eigenvalue weighted by Gasteiger charge is -2.27. The van der Waals surface area contributed by atoms with E-state index in [1.807, 2.05) is 12.1 Å². The highest BCUT2D eigenvalue weighted by Crippen LogP contribution is 2.24. The molecule has 1 aromatic heterocycles. The molecule has 1 saturated carbocycles. The van der Waals surface area contributed by atoms with Crippen molar-refractivity contribution in [3.05, 3.63) is 28.5 Å². The van der Waals surface area contributed by atoms with Gasteiger partial charge in [-0.05, 0) is 47.3 Å². The highest BCUT2D eigenvalue weighted by atomic mass is 79.9. The maximum atomic E-state index is 11.0. The Morgan fingerprint density at radius 1 is 1.50 bits per heavy atom. The second kappa shape index (κ2) is 6.29. The molecule has 98 valence electrons. The van der Waals surface area contributed by atoms with Gasteiger partial charge in [0.2, 0.25) is 0 Å². The summed E-state index contributed by atoms with van der Waals surface area (Å²) in [6.07, 6.45) is 5.36. The van der Waals surface area contributed by atoms with Gasteiger partial charge in [-0.1, -0.05) is 6.42 Å². The van der Waals surface area contributed by atoms with Gasteiger partial charge in [0.1, 0.15) is 0 Å². The molecule has 1 aliphatic rings. The van der Waals surface area contributed by atoms with Crippen LogP contribution in [0.3, 0.4) is 0 Å². The summed E-state index contributed by atoms with van der Waals surface area (Å²) in [6, 6.07) is 4.23. The fraction of sp³-hybridized carbons (Fsp3) is 0.538. The van der Waals surface area contributed by atoms with Crippen LogP contribution in [0.15, 0.2) is 22.8 Å². The van der Waals surface area contributed by atoms with Crippen LogP contribution in [0, 0.1) is 5.92 Å². The molecule has 4 nitrogen and oxygen atoms in total. The van der Waals surface area contributed by atoms with Crippen molar-refractivity contribution in [2.45, 2.75) is 38.3 Å². The number of nitrogens with zero attached hydrogens (tertiary/aromatic N) is 1. The third kappa shape index (κ3) is 3.78. The lowest BCUT2D eigenvalue weighted by molar-refractivity contribution is -0.143. The maximum absolute atomic E-state index is 11.0. The molecule has 5 heteroatoms. The number of rotatable bonds is 4. The van der Waals surface area contributed by atoms with Crippen LogP contribution in [-0.4, -0.2) is 22.1 Å². The Bertz CT molecular complexity index is 408. The van der Waals surface area contributed by atoms with Gasteiger partial charge in [-0.15, -0.1) is 0 Å². The van der Waals surface area contributed by atoms with Crippen molar-refractivity contribution < 1.29 is 9.90 Å². The van der Waals surface area contributed by atoms with Gasteiger partial charge in [0.15, 0.2) is 0 Å². The number of aromatic nitrogens is 1. The molecule has 1 fully saturated rings. The molecule has 2 unspecified atom stereocenters. The van der Waals surface area contributed by atoms with E-state index in [1.54, 1.807) is 6.20 Å². The summed E-state index contributed by atoms with van der Waals surface area (Å²) in [4.78, 5) is 15.3. The lowest BCUT2D eigenvalue weighted by Crippen LogP contribution is -2.36. The van der Waals surface area contributed by atoms with Crippen molar-refractivity contribution in [1.82, 2.24) is 10.3 Å². The molecule has 0 aromatic carbocycles. The minimum absolute atomic E-state index is 0.186. The predicted molar refractivity (Wildman–Crippen MR) is 72.2 cm³/mol. The highest BCUT2D eigenvalue weighted by molar-refractivity contribution is 9.10. The molecule has 0 amide bonds. The Kier molecular flexibility index (Phi) is 4.72. The molecule has 1 aliphatic carbocycles. The summed E-state index contributed by atoms with van der Waals surface area (Å²) in [6.45, 7) is 0.699. The Hall–Kier alpha value is -0.940. The first kappa shape index (κ1) is 13.5. The van der Waals surface area contributed by atoms with Crippen molar-refractivity contribution in [2.75, 3.05) is 0 Å². The number of carbonyl (C=O) groups is 1. The van der Waals surface area contributed by atoms with Gasteiger partial charge in [0.25, 0.3) is 0 Å². The summed E-state index contributed by atoms with van der Waals surface area (Å²) < 4.78 is 0.967. The van der Waals surface area contributed by atoms with Gasteiger partial charge in [0, 0.05) is 23.3 Å². The van der Waals surface area contributed by atoms with Crippen LogP contribution >= 0.6 is 15.9 Å². The summed E-state index contributed by atoms with van der Waals surface area (Å²) in [5.74, 6) is -0.850. The molecule has 0 spiro atoms. The molecule has 2 rings (SSSR count). The van der Waals surface area contributed by atoms with E-state index in [0.29, 0.717) is 12.6 Å². The number of nitrogens with one attached hydrogen (secondary N) is 1. The van der Waals surface area contributed by atoms with Crippen LogP contribution < -0.4 is 5.32 Å². The van der Waals surface area contributed by atoms with E-state index in [2.05, 4.69) is 26.2 Å². The van der Waals surface area contributed by atoms with Crippen molar-refractivity contribution in [1.29, 1.82) is 0 Å². The summed E-state index contributed by atoms with van der Waals surface area (Å²) in [7, 11) is 0. The predicted octanol–water partition coefficient (Wildman–Crippen LogP) is 2.58. The zero-order chi connectivity index (χ0) is 13.0. The number of pyridine rings is 1. The van der Waals surface area contributed by atoms with Crippen LogP contribution in [0.5, 0.6) is 0 Å². The zero-order valence-electron chi connectivity index (χ0n) is 10.1. The summed E-state index contributed by atoms with van der Waals surface area (Å²) in [5.41, 5.74) is 0.982. The van der Waals surface area contributed by atoms with E-state index in [1.165, 1.54) is 0 Å². The number of hydrogen-bond donors (Lipinski definition) is 2. The second-order valence-corrected chi connectivity index (χ2v) is 5.66. The Morgan fingerprint density at radius 3 is 3.00 bits per heavy atom. The van der Waals surface area contributed by atoms with Crippen molar-refractivity contribution in [3.8, 4) is 0 Å². The lowest BCUT2D eigenvalue weighted by atomic mass is 9.86. The van der Waals surface area contributed by atoms with Gasteiger partial charge in [-0.3, -0.25) is 9.78 Å². The van der Waals surface area contributed by atoms with Crippen molar-refractivity contribution in [3.63, 3.8) is 0 Å². The number of hydrogen-bond acceptors (Lipinski definition) is 3. The zero-order valence-corrected chi connectivity index (χ0v) is 11.7. The van der Waals surface area contributed by atoms with Crippen LogP contribution in [0.25, 0.3) is 0 Å². The second-order valence-electron chi connectivity index (χ2n) is 4.75. The van der Waals surface area contributed by atoms with Crippen LogP contribution in [0.1, 0.15) is 31.4 Å². The molecule has 0 saturated heterocycles. The number of halogens is 1. The highest BCUT2D eigenvalue weighted by Gasteiger charge is 2.26. The Balaban J connectivity index is 1.82. The first-order chi connectivity index (χ1) is 8.65. The van der Waals surface area contributed by atoms with Gasteiger partial charge in [-0.25, -0.2) is 0 Å². The van der Waals surface area contributed by atoms with E-state index in [-0.39, 0.29) is 5.92 Å². The maximum Gasteiger partial charge on any atom is 0.306 e. The average molecular weight is 313 g/mol. The normalized spacial score (nSPS) is 23.8. The molecule has 0 bridgehead atoms. The van der Waals surface area contributed by atoms with Gasteiger partial charge in [0.05, 0.1) is 11.6 Å². The number of aliphatic carboxylic acids is 1. The van der Waals surface area contributed by atoms with Crippen molar-refractivity contribution >= 4 is 21.9 Å². The van der Waals surface area contributed by atoms with Crippen LogP contribution in [0.2, 0.25) is 0 Å². The summed E-state index contributed by atoms with van der Waals surface area (Å²) >= 11 is 3.35. The molecule has 1 aromatic rings. The van der Waals surface area contributed by atoms with Gasteiger partial charge < -0.3 is 10.4 Å². The third-order valence-electron chi connectivity index (χ3n) is 3.38. The Morgan fingerprint density at radius 2 is 2.33 bits per heavy atom. The van der Waals surface area contributed by atoms with Crippen molar-refractivity contribution in [2.24, 2.45) is 5.92 Å². The van der Waals surface area contributed by atoms with Crippen LogP contribution in [-0.2, 0) is 11.3 Å². The fourth-order valence-electron chi connectivity index (χ4n) is 2.36. The van der Waals surface area contributed by atoms with E-state index >= 15 is 0 Å². The van der Waals surface area contributed by atoms with E-state index in [9.17, 15) is 4.79 Å². The third-order valence-corrected chi connectivity index (χ3v) is 3.85. The first-order valence-corrected chi connectivity index (χ1v) is 7.01. The van der Waals surface area contributed by atoms with E-state index in [0.717, 1.165) is 35.8 Å². The molecular weight excluding hydrogens is 296 g/mol. The standard InChI is InChI=1S/C13H17BrN2O2/c14-10-4-5-12(15-7-10)8-16-11-3-1-2-9(6-11)13(17)18/h4-5,7,9,11,16H,1-3,6,8H2,(H,17,18). The molecule has 0 aliphatic heterocycles. The number of carboxylic acid groups (broad SMARTS) is 1. The van der Waals surface area contributed by atoms with E-state index < -0.39 is 5.97 Å². The topological polar surface area (TPSA) is 62.2 Å². The molecule has 2 atom stereocenters.